The number of hydrogen-bond acceptors (Lipinski definition) is 2. The minimum Gasteiger partial charge on any atom is -0.350 e. The van der Waals surface area contributed by atoms with Gasteiger partial charge in [-0.25, -0.2) is 4.98 Å². The van der Waals surface area contributed by atoms with Gasteiger partial charge in [-0.15, -0.1) is 0 Å². The smallest absolute Gasteiger partial charge is 0.269 e. The lowest BCUT2D eigenvalue weighted by Crippen LogP contribution is -2.41. The molecule has 0 spiro atoms. The fraction of sp³-hybridized carbons (Fsp3) is 0.412. The first-order valence-corrected chi connectivity index (χ1v) is 7.85. The van der Waals surface area contributed by atoms with Gasteiger partial charge in [0.1, 0.15) is 5.69 Å². The number of benzene rings is 1. The molecule has 110 valence electrons. The number of carbonyl (C=O) groups excluding carboxylic acids is 1. The number of aromatic nitrogens is 1. The molecule has 1 aliphatic carbocycles. The highest BCUT2D eigenvalue weighted by Gasteiger charge is 2.35. The first kappa shape index (κ1) is 14.3. The molecule has 1 amide bonds. The number of nitrogens with one attached hydrogen (secondary N) is 1. The molecule has 0 aliphatic heterocycles. The SMILES string of the molecule is CCC1(CNC(=O)c2cc(Cl)c3ccccc3n2)CCC1. The monoisotopic (exact) mass is 302 g/mol. The molecule has 1 aliphatic rings. The first-order chi connectivity index (χ1) is 10.1. The molecular formula is C17H19ClN2O. The van der Waals surface area contributed by atoms with Gasteiger partial charge in [0.25, 0.3) is 5.91 Å². The highest BCUT2D eigenvalue weighted by molar-refractivity contribution is 6.35. The molecule has 21 heavy (non-hydrogen) atoms. The van der Waals surface area contributed by atoms with E-state index in [0.29, 0.717) is 16.1 Å². The molecule has 1 fully saturated rings. The Hall–Kier alpha value is -1.61. The normalized spacial score (nSPS) is 16.5. The van der Waals surface area contributed by atoms with E-state index in [1.54, 1.807) is 6.07 Å². The number of para-hydroxylation sites is 1. The molecule has 0 saturated heterocycles. The van der Waals surface area contributed by atoms with Crippen molar-refractivity contribution < 1.29 is 4.79 Å². The quantitative estimate of drug-likeness (QED) is 0.919. The van der Waals surface area contributed by atoms with Crippen molar-refractivity contribution >= 4 is 28.4 Å². The van der Waals surface area contributed by atoms with Crippen molar-refractivity contribution in [3.8, 4) is 0 Å². The van der Waals surface area contributed by atoms with Gasteiger partial charge >= 0.3 is 0 Å². The molecule has 0 unspecified atom stereocenters. The van der Waals surface area contributed by atoms with Crippen LogP contribution in [0.2, 0.25) is 5.02 Å². The van der Waals surface area contributed by atoms with Crippen LogP contribution in [0.3, 0.4) is 0 Å². The predicted octanol–water partition coefficient (Wildman–Crippen LogP) is 4.20. The maximum Gasteiger partial charge on any atom is 0.269 e. The number of nitrogens with zero attached hydrogens (tertiary/aromatic N) is 1. The summed E-state index contributed by atoms with van der Waals surface area (Å²) in [6.07, 6.45) is 4.79. The number of carbonyl (C=O) groups is 1. The van der Waals surface area contributed by atoms with E-state index >= 15 is 0 Å². The van der Waals surface area contributed by atoms with Gasteiger partial charge in [0.15, 0.2) is 0 Å². The van der Waals surface area contributed by atoms with Gasteiger partial charge in [-0.05, 0) is 36.8 Å². The van der Waals surface area contributed by atoms with E-state index < -0.39 is 0 Å². The average Bonchev–Trinajstić information content (AvgIpc) is 2.46. The number of halogens is 1. The van der Waals surface area contributed by atoms with E-state index in [1.165, 1.54) is 19.3 Å². The molecule has 1 saturated carbocycles. The Kier molecular flexibility index (Phi) is 3.85. The fourth-order valence-corrected chi connectivity index (χ4v) is 3.20. The van der Waals surface area contributed by atoms with Crippen LogP contribution in [0.25, 0.3) is 10.9 Å². The molecule has 0 radical (unpaired) electrons. The summed E-state index contributed by atoms with van der Waals surface area (Å²) in [6, 6.07) is 9.24. The summed E-state index contributed by atoms with van der Waals surface area (Å²) in [5.74, 6) is -0.137. The minimum absolute atomic E-state index is 0.137. The third kappa shape index (κ3) is 2.75. The standard InChI is InChI=1S/C17H19ClN2O/c1-2-17(8-5-9-17)11-19-16(21)15-10-13(18)12-6-3-4-7-14(12)20-15/h3-4,6-7,10H,2,5,8-9,11H2,1H3,(H,19,21). The zero-order chi connectivity index (χ0) is 14.9. The van der Waals surface area contributed by atoms with Crippen LogP contribution >= 0.6 is 11.6 Å². The second-order valence-corrected chi connectivity index (χ2v) is 6.30. The molecule has 1 aromatic heterocycles. The van der Waals surface area contributed by atoms with Crippen LogP contribution < -0.4 is 5.32 Å². The second-order valence-electron chi connectivity index (χ2n) is 5.90. The van der Waals surface area contributed by atoms with Crippen molar-refractivity contribution in [1.82, 2.24) is 10.3 Å². The van der Waals surface area contributed by atoms with Crippen molar-refractivity contribution in [2.75, 3.05) is 6.54 Å². The van der Waals surface area contributed by atoms with Crippen molar-refractivity contribution in [3.05, 3.63) is 41.0 Å². The maximum absolute atomic E-state index is 12.3. The van der Waals surface area contributed by atoms with E-state index in [-0.39, 0.29) is 5.91 Å². The number of hydrogen-bond donors (Lipinski definition) is 1. The fourth-order valence-electron chi connectivity index (χ4n) is 2.94. The van der Waals surface area contributed by atoms with Crippen LogP contribution in [0, 0.1) is 5.41 Å². The molecule has 1 aromatic carbocycles. The van der Waals surface area contributed by atoms with Crippen molar-refractivity contribution in [2.45, 2.75) is 32.6 Å². The average molecular weight is 303 g/mol. The Morgan fingerprint density at radius 1 is 1.38 bits per heavy atom. The lowest BCUT2D eigenvalue weighted by molar-refractivity contribution is 0.0846. The van der Waals surface area contributed by atoms with Crippen molar-refractivity contribution in [2.24, 2.45) is 5.41 Å². The van der Waals surface area contributed by atoms with E-state index in [9.17, 15) is 4.79 Å². The van der Waals surface area contributed by atoms with E-state index in [1.807, 2.05) is 24.3 Å². The third-order valence-corrected chi connectivity index (χ3v) is 5.00. The van der Waals surface area contributed by atoms with E-state index in [2.05, 4.69) is 17.2 Å². The summed E-state index contributed by atoms with van der Waals surface area (Å²) in [5, 5.41) is 4.47. The number of rotatable bonds is 4. The van der Waals surface area contributed by atoms with Crippen molar-refractivity contribution in [1.29, 1.82) is 0 Å². The third-order valence-electron chi connectivity index (χ3n) is 4.69. The number of amides is 1. The Morgan fingerprint density at radius 2 is 2.14 bits per heavy atom. The first-order valence-electron chi connectivity index (χ1n) is 7.47. The largest absolute Gasteiger partial charge is 0.350 e. The maximum atomic E-state index is 12.3. The van der Waals surface area contributed by atoms with Crippen LogP contribution in [-0.4, -0.2) is 17.4 Å². The minimum atomic E-state index is -0.137. The summed E-state index contributed by atoms with van der Waals surface area (Å²) in [5.41, 5.74) is 1.45. The van der Waals surface area contributed by atoms with Crippen LogP contribution in [0.4, 0.5) is 0 Å². The van der Waals surface area contributed by atoms with Crippen LogP contribution in [0.1, 0.15) is 43.1 Å². The number of pyridine rings is 1. The highest BCUT2D eigenvalue weighted by Crippen LogP contribution is 2.43. The van der Waals surface area contributed by atoms with E-state index in [4.69, 9.17) is 11.6 Å². The van der Waals surface area contributed by atoms with Gasteiger partial charge in [0.05, 0.1) is 10.5 Å². The summed E-state index contributed by atoms with van der Waals surface area (Å²) < 4.78 is 0. The van der Waals surface area contributed by atoms with E-state index in [0.717, 1.165) is 23.9 Å². The van der Waals surface area contributed by atoms with Gasteiger partial charge in [-0.3, -0.25) is 4.79 Å². The van der Waals surface area contributed by atoms with Gasteiger partial charge in [0.2, 0.25) is 0 Å². The van der Waals surface area contributed by atoms with Gasteiger partial charge in [-0.1, -0.05) is 43.1 Å². The Balaban J connectivity index is 1.78. The van der Waals surface area contributed by atoms with Gasteiger partial charge < -0.3 is 5.32 Å². The Labute approximate surface area is 129 Å². The molecular weight excluding hydrogens is 284 g/mol. The highest BCUT2D eigenvalue weighted by atomic mass is 35.5. The second kappa shape index (κ2) is 5.64. The predicted molar refractivity (Wildman–Crippen MR) is 85.7 cm³/mol. The zero-order valence-electron chi connectivity index (χ0n) is 12.2. The molecule has 1 N–H and O–H groups in total. The summed E-state index contributed by atoms with van der Waals surface area (Å²) in [7, 11) is 0. The zero-order valence-corrected chi connectivity index (χ0v) is 12.9. The molecule has 0 bridgehead atoms. The summed E-state index contributed by atoms with van der Waals surface area (Å²) in [6.45, 7) is 2.92. The Morgan fingerprint density at radius 3 is 2.81 bits per heavy atom. The van der Waals surface area contributed by atoms with Crippen molar-refractivity contribution in [3.63, 3.8) is 0 Å². The van der Waals surface area contributed by atoms with Gasteiger partial charge in [0, 0.05) is 11.9 Å². The Bertz CT molecular complexity index is 674. The molecule has 0 atom stereocenters. The lowest BCUT2D eigenvalue weighted by Gasteiger charge is -2.41. The summed E-state index contributed by atoms with van der Waals surface area (Å²) in [4.78, 5) is 16.7. The van der Waals surface area contributed by atoms with Gasteiger partial charge in [-0.2, -0.15) is 0 Å². The summed E-state index contributed by atoms with van der Waals surface area (Å²) >= 11 is 6.24. The molecule has 4 heteroatoms. The number of fused-ring (bicyclic) bond motifs is 1. The lowest BCUT2D eigenvalue weighted by atomic mass is 9.67. The molecule has 1 heterocycles. The topological polar surface area (TPSA) is 42.0 Å². The van der Waals surface area contributed by atoms with Crippen LogP contribution in [0.15, 0.2) is 30.3 Å². The molecule has 2 aromatic rings. The van der Waals surface area contributed by atoms with Crippen LogP contribution in [0.5, 0.6) is 0 Å². The molecule has 3 nitrogen and oxygen atoms in total. The molecule has 3 rings (SSSR count). The van der Waals surface area contributed by atoms with Crippen LogP contribution in [-0.2, 0) is 0 Å².